The number of fused-ring (bicyclic) bond motifs is 1. The number of rotatable bonds is 7. The van der Waals surface area contributed by atoms with Gasteiger partial charge in [-0.15, -0.1) is 5.10 Å². The van der Waals surface area contributed by atoms with Crippen molar-refractivity contribution in [3.05, 3.63) is 54.4 Å². The quantitative estimate of drug-likeness (QED) is 0.320. The molecule has 1 aromatic carbocycles. The number of piperidine rings is 1. The lowest BCUT2D eigenvalue weighted by atomic mass is 10.1. The number of aromatic nitrogens is 5. The molecule has 1 amide bonds. The molecular formula is C23H26N8O2S. The van der Waals surface area contributed by atoms with Crippen LogP contribution in [0.2, 0.25) is 0 Å². The molecular weight excluding hydrogens is 452 g/mol. The molecule has 4 aromatic rings. The van der Waals surface area contributed by atoms with E-state index < -0.39 is 0 Å². The molecule has 3 aromatic heterocycles. The minimum Gasteiger partial charge on any atom is -0.392 e. The average molecular weight is 479 g/mol. The molecule has 1 atom stereocenters. The first kappa shape index (κ1) is 22.4. The second-order valence-corrected chi connectivity index (χ2v) is 9.39. The highest BCUT2D eigenvalue weighted by Crippen LogP contribution is 2.29. The van der Waals surface area contributed by atoms with Gasteiger partial charge in [-0.2, -0.15) is 5.10 Å². The molecule has 0 radical (unpaired) electrons. The van der Waals surface area contributed by atoms with Crippen molar-refractivity contribution in [3.8, 4) is 0 Å². The molecule has 34 heavy (non-hydrogen) atoms. The third-order valence-electron chi connectivity index (χ3n) is 5.52. The number of amides is 1. The summed E-state index contributed by atoms with van der Waals surface area (Å²) in [5.41, 5.74) is 2.53. The Kier molecular flexibility index (Phi) is 6.48. The van der Waals surface area contributed by atoms with E-state index in [1.54, 1.807) is 4.52 Å². The maximum atomic E-state index is 12.4. The number of β-amino-alcohol motifs (C(OH)–C–C–N with tert-alkyl or cyclic N) is 1. The summed E-state index contributed by atoms with van der Waals surface area (Å²) in [4.78, 5) is 20.0. The first-order valence-corrected chi connectivity index (χ1v) is 12.0. The number of hydrogen-bond donors (Lipinski definition) is 4. The summed E-state index contributed by atoms with van der Waals surface area (Å²) in [6.07, 6.45) is 3.25. The van der Waals surface area contributed by atoms with E-state index in [0.717, 1.165) is 41.2 Å². The van der Waals surface area contributed by atoms with E-state index in [-0.39, 0.29) is 18.6 Å². The summed E-state index contributed by atoms with van der Waals surface area (Å²) in [7, 11) is 0. The van der Waals surface area contributed by atoms with Crippen LogP contribution >= 0.6 is 11.8 Å². The molecule has 0 unspecified atom stereocenters. The van der Waals surface area contributed by atoms with Crippen molar-refractivity contribution in [1.82, 2.24) is 29.7 Å². The molecule has 1 aliphatic heterocycles. The molecule has 10 nitrogen and oxygen atoms in total. The second-order valence-electron chi connectivity index (χ2n) is 8.35. The molecule has 0 aliphatic carbocycles. The zero-order valence-corrected chi connectivity index (χ0v) is 19.5. The van der Waals surface area contributed by atoms with Crippen LogP contribution in [-0.4, -0.2) is 66.4 Å². The van der Waals surface area contributed by atoms with Crippen molar-refractivity contribution >= 4 is 40.5 Å². The van der Waals surface area contributed by atoms with Gasteiger partial charge in [-0.25, -0.2) is 9.50 Å². The molecule has 11 heteroatoms. The predicted octanol–water partition coefficient (Wildman–Crippen LogP) is 3.05. The second kappa shape index (κ2) is 9.84. The van der Waals surface area contributed by atoms with E-state index in [1.165, 1.54) is 11.8 Å². The lowest BCUT2D eigenvalue weighted by molar-refractivity contribution is -0.118. The third-order valence-corrected chi connectivity index (χ3v) is 6.38. The van der Waals surface area contributed by atoms with Crippen LogP contribution < -0.4 is 10.6 Å². The van der Waals surface area contributed by atoms with Crippen LogP contribution in [0.1, 0.15) is 18.5 Å². The molecule has 4 heterocycles. The van der Waals surface area contributed by atoms with Gasteiger partial charge in [0.2, 0.25) is 11.1 Å². The number of aliphatic hydroxyl groups is 1. The number of nitrogens with zero attached hydrogens (tertiary/aromatic N) is 5. The molecule has 1 aliphatic rings. The average Bonchev–Trinajstić information content (AvgIpc) is 3.44. The van der Waals surface area contributed by atoms with Crippen LogP contribution in [0.15, 0.2) is 58.7 Å². The molecule has 4 N–H and O–H groups in total. The summed E-state index contributed by atoms with van der Waals surface area (Å²) in [5, 5.41) is 28.3. The highest BCUT2D eigenvalue weighted by molar-refractivity contribution is 7.99. The van der Waals surface area contributed by atoms with Crippen LogP contribution in [0.5, 0.6) is 0 Å². The third kappa shape index (κ3) is 5.38. The predicted molar refractivity (Wildman–Crippen MR) is 130 cm³/mol. The Morgan fingerprint density at radius 2 is 2.15 bits per heavy atom. The molecule has 1 saturated heterocycles. The molecule has 0 saturated carbocycles. The standard InChI is InChI=1S/C23H26N8O2S/c1-15-12-20(28-27-15)25-22-19-5-3-11-31(19)29-23(26-22)34-18-8-6-16(7-9-18)24-21(33)14-30-10-2-4-17(32)13-30/h3,5-9,11-12,17,32H,2,4,10,13-14H2,1H3,(H,24,33)(H2,25,26,27,28,29)/t17-/m1/s1. The Morgan fingerprint density at radius 3 is 2.91 bits per heavy atom. The molecule has 0 bridgehead atoms. The summed E-state index contributed by atoms with van der Waals surface area (Å²) in [6.45, 7) is 3.60. The van der Waals surface area contributed by atoms with Gasteiger partial charge >= 0.3 is 0 Å². The van der Waals surface area contributed by atoms with Gasteiger partial charge in [-0.05, 0) is 74.5 Å². The van der Waals surface area contributed by atoms with Crippen molar-refractivity contribution in [2.45, 2.75) is 35.9 Å². The van der Waals surface area contributed by atoms with Crippen molar-refractivity contribution < 1.29 is 9.90 Å². The highest BCUT2D eigenvalue weighted by Gasteiger charge is 2.19. The summed E-state index contributed by atoms with van der Waals surface area (Å²) in [6, 6.07) is 13.4. The Bertz CT molecular complexity index is 1290. The highest BCUT2D eigenvalue weighted by atomic mass is 32.2. The number of aromatic amines is 1. The van der Waals surface area contributed by atoms with E-state index in [1.807, 2.05) is 60.5 Å². The van der Waals surface area contributed by atoms with Gasteiger partial charge in [0.25, 0.3) is 0 Å². The fraction of sp³-hybridized carbons (Fsp3) is 0.304. The van der Waals surface area contributed by atoms with Crippen molar-refractivity contribution in [2.75, 3.05) is 30.3 Å². The number of carbonyl (C=O) groups excluding carboxylic acids is 1. The van der Waals surface area contributed by atoms with Crippen molar-refractivity contribution in [3.63, 3.8) is 0 Å². The van der Waals surface area contributed by atoms with Crippen LogP contribution in [0.3, 0.4) is 0 Å². The van der Waals surface area contributed by atoms with Gasteiger partial charge in [0.1, 0.15) is 5.52 Å². The van der Waals surface area contributed by atoms with E-state index >= 15 is 0 Å². The SMILES string of the molecule is Cc1cc(Nc2nc(Sc3ccc(NC(=O)CN4CCC[C@@H](O)C4)cc3)nn3cccc23)n[nH]1. The number of carbonyl (C=O) groups is 1. The zero-order valence-electron chi connectivity index (χ0n) is 18.7. The van der Waals surface area contributed by atoms with Gasteiger partial charge in [-0.3, -0.25) is 14.8 Å². The first-order chi connectivity index (χ1) is 16.5. The Morgan fingerprint density at radius 1 is 1.29 bits per heavy atom. The number of nitrogens with one attached hydrogen (secondary N) is 3. The smallest absolute Gasteiger partial charge is 0.238 e. The van der Waals surface area contributed by atoms with Gasteiger partial charge in [0.05, 0.1) is 12.6 Å². The summed E-state index contributed by atoms with van der Waals surface area (Å²) < 4.78 is 1.78. The summed E-state index contributed by atoms with van der Waals surface area (Å²) >= 11 is 1.43. The first-order valence-electron chi connectivity index (χ1n) is 11.1. The van der Waals surface area contributed by atoms with Crippen molar-refractivity contribution in [2.24, 2.45) is 0 Å². The molecule has 0 spiro atoms. The van der Waals surface area contributed by atoms with E-state index in [0.29, 0.717) is 23.3 Å². The fourth-order valence-electron chi connectivity index (χ4n) is 3.94. The lowest BCUT2D eigenvalue weighted by Crippen LogP contribution is -2.42. The maximum absolute atomic E-state index is 12.4. The Balaban J connectivity index is 1.24. The van der Waals surface area contributed by atoms with Gasteiger partial charge in [0, 0.05) is 35.1 Å². The van der Waals surface area contributed by atoms with Gasteiger partial charge < -0.3 is 15.7 Å². The normalized spacial score (nSPS) is 16.6. The van der Waals surface area contributed by atoms with Crippen LogP contribution in [0, 0.1) is 6.92 Å². The number of likely N-dealkylation sites (tertiary alicyclic amines) is 1. The molecule has 5 rings (SSSR count). The monoisotopic (exact) mass is 478 g/mol. The lowest BCUT2D eigenvalue weighted by Gasteiger charge is -2.29. The number of benzene rings is 1. The minimum atomic E-state index is -0.343. The Labute approximate surface area is 200 Å². The number of H-pyrrole nitrogens is 1. The van der Waals surface area contributed by atoms with Gasteiger partial charge in [0.15, 0.2) is 11.6 Å². The fourth-order valence-corrected chi connectivity index (χ4v) is 4.69. The molecule has 176 valence electrons. The van der Waals surface area contributed by atoms with Crippen LogP contribution in [0.4, 0.5) is 17.3 Å². The van der Waals surface area contributed by atoms with E-state index in [4.69, 9.17) is 0 Å². The maximum Gasteiger partial charge on any atom is 0.238 e. The number of aliphatic hydroxyl groups excluding tert-OH is 1. The summed E-state index contributed by atoms with van der Waals surface area (Å²) in [5.74, 6) is 1.27. The van der Waals surface area contributed by atoms with Crippen molar-refractivity contribution in [1.29, 1.82) is 0 Å². The van der Waals surface area contributed by atoms with E-state index in [2.05, 4.69) is 30.9 Å². The molecule has 1 fully saturated rings. The topological polar surface area (TPSA) is 123 Å². The van der Waals surface area contributed by atoms with Gasteiger partial charge in [-0.1, -0.05) is 0 Å². The zero-order chi connectivity index (χ0) is 23.5. The minimum absolute atomic E-state index is 0.0831. The number of aryl methyl sites for hydroxylation is 1. The number of anilines is 3. The van der Waals surface area contributed by atoms with E-state index in [9.17, 15) is 9.90 Å². The van der Waals surface area contributed by atoms with Crippen LogP contribution in [-0.2, 0) is 4.79 Å². The Hall–Kier alpha value is -3.41. The number of hydrogen-bond acceptors (Lipinski definition) is 8. The van der Waals surface area contributed by atoms with Crippen LogP contribution in [0.25, 0.3) is 5.52 Å². The largest absolute Gasteiger partial charge is 0.392 e.